The number of likely N-dealkylation sites (N-methyl/N-ethyl adjacent to an activating group) is 10. The Morgan fingerprint density at radius 3 is 1.00 bits per heavy atom. The van der Waals surface area contributed by atoms with Crippen molar-refractivity contribution in [2.75, 3.05) is 155 Å². The number of carbonyl (C=O) groups excluding carboxylic acids is 14. The molecule has 1 unspecified atom stereocenters. The van der Waals surface area contributed by atoms with Crippen molar-refractivity contribution in [1.29, 1.82) is 0 Å². The maximum absolute atomic E-state index is 13.0. The molecule has 79 heavy (non-hydrogen) atoms. The Bertz CT molecular complexity index is 2170. The molecule has 0 aromatic rings. The Morgan fingerprint density at radius 1 is 0.392 bits per heavy atom. The molecule has 0 rings (SSSR count). The summed E-state index contributed by atoms with van der Waals surface area (Å²) in [6.07, 6.45) is 0.816. The lowest BCUT2D eigenvalue weighted by Crippen LogP contribution is -2.49. The number of ketones is 1. The van der Waals surface area contributed by atoms with Crippen molar-refractivity contribution in [1.82, 2.24) is 59.6 Å². The first-order valence-corrected chi connectivity index (χ1v) is 27.9. The molecule has 2 atom stereocenters. The van der Waals surface area contributed by atoms with Gasteiger partial charge in [-0.25, -0.2) is 0 Å². The van der Waals surface area contributed by atoms with Crippen LogP contribution in [0.4, 0.5) is 0 Å². The van der Waals surface area contributed by atoms with Gasteiger partial charge in [-0.1, -0.05) is 49.3 Å². The number of Topliss-reactive ketones (excluding diaryl/α,β-unsaturated/α-hetero) is 1. The van der Waals surface area contributed by atoms with Gasteiger partial charge in [0.25, 0.3) is 0 Å². The van der Waals surface area contributed by atoms with E-state index in [1.54, 1.807) is 56.2 Å². The summed E-state index contributed by atoms with van der Waals surface area (Å²) in [5.74, 6) is -6.91. The van der Waals surface area contributed by atoms with E-state index in [1.807, 2.05) is 6.92 Å². The largest absolute Gasteiger partial charge is 0.464 e. The van der Waals surface area contributed by atoms with E-state index in [9.17, 15) is 67.1 Å². The fraction of sp³-hybridized carbons (Fsp3) is 0.720. The lowest BCUT2D eigenvalue weighted by molar-refractivity contribution is -0.147. The number of esters is 1. The molecule has 0 heterocycles. The Morgan fingerprint density at radius 2 is 0.696 bits per heavy atom. The number of hydrogen-bond donors (Lipinski definition) is 2. The van der Waals surface area contributed by atoms with Crippen LogP contribution in [-0.4, -0.2) is 298 Å². The Kier molecular flexibility index (Phi) is 33.6. The third-order valence-electron chi connectivity index (χ3n) is 11.8. The minimum atomic E-state index is -0.740. The highest BCUT2D eigenvalue weighted by Crippen LogP contribution is 2.28. The molecule has 0 radical (unpaired) electrons. The summed E-state index contributed by atoms with van der Waals surface area (Å²) in [5, 5.41) is 5.33. The van der Waals surface area contributed by atoms with Gasteiger partial charge in [-0.05, 0) is 20.3 Å². The first kappa shape index (κ1) is 72.5. The number of amides is 12. The first-order chi connectivity index (χ1) is 36.6. The molecule has 0 bridgehead atoms. The van der Waals surface area contributed by atoms with Crippen molar-refractivity contribution >= 4 is 104 Å². The van der Waals surface area contributed by atoms with E-state index in [1.165, 1.54) is 75.4 Å². The summed E-state index contributed by atoms with van der Waals surface area (Å²) in [6.45, 7) is 6.49. The van der Waals surface area contributed by atoms with Crippen LogP contribution in [0.2, 0.25) is 0 Å². The average molecular weight is 1160 g/mol. The summed E-state index contributed by atoms with van der Waals surface area (Å²) in [7, 11) is 16.6. The van der Waals surface area contributed by atoms with Gasteiger partial charge in [-0.3, -0.25) is 67.1 Å². The summed E-state index contributed by atoms with van der Waals surface area (Å²) in [4.78, 5) is 188. The van der Waals surface area contributed by atoms with E-state index < -0.39 is 123 Å². The lowest BCUT2D eigenvalue weighted by atomic mass is 10.0. The van der Waals surface area contributed by atoms with Crippen LogP contribution in [0.3, 0.4) is 0 Å². The highest BCUT2D eigenvalue weighted by molar-refractivity contribution is 8.76. The molecule has 0 aromatic carbocycles. The maximum atomic E-state index is 13.0. The molecule has 0 aliphatic heterocycles. The zero-order valence-corrected chi connectivity index (χ0v) is 50.7. The Balaban J connectivity index is 4.77. The average Bonchev–Trinajstić information content (AvgIpc) is 3.36. The number of nitrogens with zero attached hydrogens (tertiary/aromatic N) is 10. The second-order valence-electron chi connectivity index (χ2n) is 20.1. The molecule has 0 aliphatic rings. The lowest BCUT2D eigenvalue weighted by Gasteiger charge is -2.27. The van der Waals surface area contributed by atoms with E-state index in [-0.39, 0.29) is 67.2 Å². The number of hydrogen-bond acceptors (Lipinski definition) is 17. The van der Waals surface area contributed by atoms with Crippen LogP contribution in [0.5, 0.6) is 0 Å². The zero-order valence-electron chi connectivity index (χ0n) is 49.0. The second-order valence-corrected chi connectivity index (χ2v) is 23.0. The number of rotatable bonds is 35. The van der Waals surface area contributed by atoms with Gasteiger partial charge in [-0.15, -0.1) is 0 Å². The Labute approximate surface area is 472 Å². The first-order valence-electron chi connectivity index (χ1n) is 25.5. The predicted molar refractivity (Wildman–Crippen MR) is 296 cm³/mol. The minimum Gasteiger partial charge on any atom is -0.464 e. The SMILES string of the molecule is CC(COC(=O)C(C)C)SSCCCC(=O)NCCC(=O)N(C)CC(=O)N(C)CC(=O)N(C)CC(=O)N(C)CC(=O)N(C)CC(=O)N(C)CC(=O)N(C)CC(=O)N(C)CC(=O)N(C)CC(=O)N(C)CC(=O)N[C@@H](C)C(=O)C(C)C. The quantitative estimate of drug-likeness (QED) is 0.0378. The van der Waals surface area contributed by atoms with Crippen molar-refractivity contribution in [3.05, 3.63) is 0 Å². The van der Waals surface area contributed by atoms with Crippen molar-refractivity contribution in [3.63, 3.8) is 0 Å². The molecule has 2 N–H and O–H groups in total. The third-order valence-corrected chi connectivity index (χ3v) is 14.8. The molecule has 0 aromatic heterocycles. The summed E-state index contributed by atoms with van der Waals surface area (Å²) >= 11 is 0. The van der Waals surface area contributed by atoms with Crippen LogP contribution >= 0.6 is 21.6 Å². The van der Waals surface area contributed by atoms with Crippen LogP contribution < -0.4 is 10.6 Å². The molecule has 0 aliphatic carbocycles. The number of carbonyl (C=O) groups is 14. The van der Waals surface area contributed by atoms with Crippen molar-refractivity contribution < 1.29 is 71.9 Å². The highest BCUT2D eigenvalue weighted by atomic mass is 33.1. The van der Waals surface area contributed by atoms with E-state index in [0.717, 1.165) is 44.1 Å². The molecule has 0 saturated heterocycles. The van der Waals surface area contributed by atoms with Gasteiger partial charge in [-0.2, -0.15) is 0 Å². The summed E-state index contributed by atoms with van der Waals surface area (Å²) in [5.41, 5.74) is 0. The van der Waals surface area contributed by atoms with Crippen LogP contribution in [-0.2, 0) is 71.9 Å². The fourth-order valence-electron chi connectivity index (χ4n) is 6.31. The smallest absolute Gasteiger partial charge is 0.308 e. The molecule has 0 saturated carbocycles. The molecule has 0 spiro atoms. The molecular weight excluding hydrogens is 1070 g/mol. The zero-order chi connectivity index (χ0) is 61.0. The molecule has 29 heteroatoms. The normalized spacial score (nSPS) is 11.5. The van der Waals surface area contributed by atoms with Gasteiger partial charge >= 0.3 is 5.97 Å². The van der Waals surface area contributed by atoms with Crippen LogP contribution in [0.15, 0.2) is 0 Å². The van der Waals surface area contributed by atoms with Gasteiger partial charge in [0.1, 0.15) is 6.61 Å². The third kappa shape index (κ3) is 29.3. The van der Waals surface area contributed by atoms with Crippen molar-refractivity contribution in [2.24, 2.45) is 11.8 Å². The predicted octanol–water partition coefficient (Wildman–Crippen LogP) is -2.44. The molecular formula is C50H86N12O15S2. The number of nitrogens with one attached hydrogen (secondary N) is 2. The topological polar surface area (TPSA) is 305 Å². The standard InChI is InChI=1S/C50H86N12O15S2/c1-33(2)49(75)36(6)52-38(64)22-53(7)40(66)24-55(9)42(68)26-57(11)44(70)28-59(13)46(72)30-61(15)48(74)31-62(16)47(73)29-60(14)45(71)27-58(12)43(69)25-56(10)41(67)23-54(8)39(65)19-20-51-37(63)18-17-21-78-79-35(5)32-77-50(76)34(3)4/h33-36H,17-32H2,1-16H3,(H,51,63)(H,52,64)/t35?,36-/m0/s1. The van der Waals surface area contributed by atoms with E-state index >= 15 is 0 Å². The van der Waals surface area contributed by atoms with Crippen molar-refractivity contribution in [2.45, 2.75) is 72.1 Å². The molecule has 0 fully saturated rings. The van der Waals surface area contributed by atoms with E-state index in [0.29, 0.717) is 18.8 Å². The minimum absolute atomic E-state index is 0.0551. The van der Waals surface area contributed by atoms with E-state index in [2.05, 4.69) is 10.6 Å². The van der Waals surface area contributed by atoms with Gasteiger partial charge in [0, 0.05) is 107 Å². The van der Waals surface area contributed by atoms with E-state index in [4.69, 9.17) is 4.74 Å². The van der Waals surface area contributed by atoms with Crippen LogP contribution in [0.1, 0.15) is 60.8 Å². The highest BCUT2D eigenvalue weighted by Gasteiger charge is 2.27. The molecule has 27 nitrogen and oxygen atoms in total. The second kappa shape index (κ2) is 36.6. The number of ether oxygens (including phenoxy) is 1. The van der Waals surface area contributed by atoms with Gasteiger partial charge in [0.15, 0.2) is 5.78 Å². The van der Waals surface area contributed by atoms with Crippen LogP contribution in [0, 0.1) is 11.8 Å². The molecule has 448 valence electrons. The van der Waals surface area contributed by atoms with Crippen molar-refractivity contribution in [3.8, 4) is 0 Å². The molecule has 12 amide bonds. The van der Waals surface area contributed by atoms with Gasteiger partial charge in [0.2, 0.25) is 70.9 Å². The fourth-order valence-corrected chi connectivity index (χ4v) is 8.53. The van der Waals surface area contributed by atoms with Crippen LogP contribution in [0.25, 0.3) is 0 Å². The summed E-state index contributed by atoms with van der Waals surface area (Å²) in [6, 6.07) is -0.740. The Hall–Kier alpha value is -6.52. The van der Waals surface area contributed by atoms with Gasteiger partial charge < -0.3 is 64.4 Å². The summed E-state index contributed by atoms with van der Waals surface area (Å²) < 4.78 is 5.22. The maximum Gasteiger partial charge on any atom is 0.308 e. The monoisotopic (exact) mass is 1160 g/mol. The van der Waals surface area contributed by atoms with Gasteiger partial charge in [0.05, 0.1) is 77.4 Å².